The smallest absolute Gasteiger partial charge is 0.319 e. The van der Waals surface area contributed by atoms with E-state index in [4.69, 9.17) is 5.73 Å². The van der Waals surface area contributed by atoms with Gasteiger partial charge < -0.3 is 10.8 Å². The molecule has 0 aliphatic rings. The third kappa shape index (κ3) is 2.90. The van der Waals surface area contributed by atoms with Crippen LogP contribution in [0.15, 0.2) is 48.6 Å². The summed E-state index contributed by atoms with van der Waals surface area (Å²) >= 11 is 0. The highest BCUT2D eigenvalue weighted by Gasteiger charge is 2.54. The minimum Gasteiger partial charge on any atom is -0.480 e. The molecule has 0 aromatic heterocycles. The number of aliphatic carboxylic acids is 1. The quantitative estimate of drug-likeness (QED) is 0.702. The van der Waals surface area contributed by atoms with Gasteiger partial charge in [0.05, 0.1) is 0 Å². The lowest BCUT2D eigenvalue weighted by molar-refractivity contribution is -0.150. The van der Waals surface area contributed by atoms with Crippen molar-refractivity contribution in [3.05, 3.63) is 48.6 Å². The summed E-state index contributed by atoms with van der Waals surface area (Å²) in [6.45, 7) is 6.86. The number of hydrogen-bond donors (Lipinski definition) is 2. The topological polar surface area (TPSA) is 80.4 Å². The van der Waals surface area contributed by atoms with Gasteiger partial charge in [-0.25, -0.2) is 0 Å². The molecule has 0 bridgehead atoms. The molecule has 0 aromatic carbocycles. The number of nitrogens with two attached hydrogens (primary N) is 1. The standard InChI is InChI=1S/C16H23NO3/c1-5-9-15(10-6-2,13(17)18)16(11-7-3,12-8-4)14(19)20/h5-12H,1-4H3,(H2,17,18)(H,19,20). The van der Waals surface area contributed by atoms with Crippen LogP contribution in [0.3, 0.4) is 0 Å². The molecule has 0 atom stereocenters. The van der Waals surface area contributed by atoms with Crippen LogP contribution >= 0.6 is 0 Å². The Labute approximate surface area is 120 Å². The van der Waals surface area contributed by atoms with Gasteiger partial charge in [-0.05, 0) is 27.7 Å². The molecule has 0 saturated heterocycles. The molecule has 0 spiro atoms. The summed E-state index contributed by atoms with van der Waals surface area (Å²) in [4.78, 5) is 24.0. The lowest BCUT2D eigenvalue weighted by Gasteiger charge is -2.38. The first-order chi connectivity index (χ1) is 9.38. The molecule has 4 nitrogen and oxygen atoms in total. The van der Waals surface area contributed by atoms with Crippen molar-refractivity contribution in [1.29, 1.82) is 0 Å². The van der Waals surface area contributed by atoms with Crippen LogP contribution < -0.4 is 5.73 Å². The molecule has 0 radical (unpaired) electrons. The number of hydrogen-bond acceptors (Lipinski definition) is 2. The molecule has 0 saturated carbocycles. The zero-order chi connectivity index (χ0) is 15.8. The largest absolute Gasteiger partial charge is 0.480 e. The van der Waals surface area contributed by atoms with Crippen LogP contribution in [0.5, 0.6) is 0 Å². The Morgan fingerprint density at radius 2 is 1.10 bits per heavy atom. The summed E-state index contributed by atoms with van der Waals surface area (Å²) < 4.78 is 0. The van der Waals surface area contributed by atoms with Crippen LogP contribution in [-0.2, 0) is 9.59 Å². The molecule has 3 N–H and O–H groups in total. The highest BCUT2D eigenvalue weighted by Crippen LogP contribution is 2.45. The van der Waals surface area contributed by atoms with Gasteiger partial charge in [-0.15, -0.1) is 0 Å². The Bertz CT molecular complexity index is 402. The molecule has 0 heterocycles. The number of allylic oxidation sites excluding steroid dienone is 4. The van der Waals surface area contributed by atoms with Gasteiger partial charge in [-0.1, -0.05) is 48.6 Å². The second kappa shape index (κ2) is 7.48. The van der Waals surface area contributed by atoms with Gasteiger partial charge in [-0.2, -0.15) is 0 Å². The van der Waals surface area contributed by atoms with Crippen LogP contribution in [0.1, 0.15) is 27.7 Å². The molecule has 0 aliphatic carbocycles. The zero-order valence-electron chi connectivity index (χ0n) is 12.5. The van der Waals surface area contributed by atoms with Gasteiger partial charge in [0.15, 0.2) is 0 Å². The number of amides is 1. The lowest BCUT2D eigenvalue weighted by atomic mass is 9.61. The molecule has 0 fully saturated rings. The maximum Gasteiger partial charge on any atom is 0.319 e. The average Bonchev–Trinajstić information content (AvgIpc) is 2.37. The van der Waals surface area contributed by atoms with Crippen molar-refractivity contribution < 1.29 is 14.7 Å². The van der Waals surface area contributed by atoms with Crippen LogP contribution in [0, 0.1) is 10.8 Å². The molecule has 0 aromatic rings. The van der Waals surface area contributed by atoms with E-state index >= 15 is 0 Å². The van der Waals surface area contributed by atoms with Crippen molar-refractivity contribution in [2.75, 3.05) is 0 Å². The van der Waals surface area contributed by atoms with Gasteiger partial charge in [0.25, 0.3) is 0 Å². The Morgan fingerprint density at radius 3 is 1.30 bits per heavy atom. The average molecular weight is 277 g/mol. The van der Waals surface area contributed by atoms with Crippen molar-refractivity contribution in [3.63, 3.8) is 0 Å². The zero-order valence-corrected chi connectivity index (χ0v) is 12.5. The van der Waals surface area contributed by atoms with Crippen LogP contribution in [0.2, 0.25) is 0 Å². The third-order valence-electron chi connectivity index (χ3n) is 3.16. The first-order valence-corrected chi connectivity index (χ1v) is 6.47. The molecule has 4 heteroatoms. The van der Waals surface area contributed by atoms with Crippen molar-refractivity contribution in [1.82, 2.24) is 0 Å². The Hall–Kier alpha value is -2.10. The monoisotopic (exact) mass is 277 g/mol. The Kier molecular flexibility index (Phi) is 6.69. The molecule has 1 amide bonds. The van der Waals surface area contributed by atoms with Crippen LogP contribution in [-0.4, -0.2) is 17.0 Å². The summed E-state index contributed by atoms with van der Waals surface area (Å²) in [5, 5.41) is 9.75. The van der Waals surface area contributed by atoms with Gasteiger partial charge in [0.2, 0.25) is 5.91 Å². The predicted molar refractivity (Wildman–Crippen MR) is 81.0 cm³/mol. The number of primary amides is 1. The lowest BCUT2D eigenvalue weighted by Crippen LogP contribution is -2.51. The van der Waals surface area contributed by atoms with E-state index in [2.05, 4.69) is 0 Å². The second-order valence-electron chi connectivity index (χ2n) is 4.41. The molecular weight excluding hydrogens is 254 g/mol. The summed E-state index contributed by atoms with van der Waals surface area (Å²) in [7, 11) is 0. The molecule has 0 unspecified atom stereocenters. The predicted octanol–water partition coefficient (Wildman–Crippen LogP) is 2.83. The third-order valence-corrected chi connectivity index (χ3v) is 3.16. The van der Waals surface area contributed by atoms with Crippen molar-refractivity contribution in [2.24, 2.45) is 16.6 Å². The second-order valence-corrected chi connectivity index (χ2v) is 4.41. The first-order valence-electron chi connectivity index (χ1n) is 6.47. The van der Waals surface area contributed by atoms with E-state index < -0.39 is 22.7 Å². The summed E-state index contributed by atoms with van der Waals surface area (Å²) in [6.07, 6.45) is 12.5. The summed E-state index contributed by atoms with van der Waals surface area (Å²) in [5.41, 5.74) is 2.54. The number of carbonyl (C=O) groups is 2. The fraction of sp³-hybridized carbons (Fsp3) is 0.375. The van der Waals surface area contributed by atoms with Gasteiger partial charge >= 0.3 is 5.97 Å². The first kappa shape index (κ1) is 17.9. The van der Waals surface area contributed by atoms with Gasteiger partial charge in [-0.3, -0.25) is 9.59 Å². The molecule has 0 aliphatic heterocycles. The number of carboxylic acid groups (broad SMARTS) is 1. The number of carbonyl (C=O) groups excluding carboxylic acids is 1. The minimum absolute atomic E-state index is 0.715. The molecule has 110 valence electrons. The Balaban J connectivity index is 6.71. The number of rotatable bonds is 7. The van der Waals surface area contributed by atoms with E-state index in [0.717, 1.165) is 0 Å². The highest BCUT2D eigenvalue weighted by atomic mass is 16.4. The SMILES string of the molecule is CC=CC(C=CC)(C(N)=O)C(C=CC)(C=CC)C(=O)O. The van der Waals surface area contributed by atoms with Gasteiger partial charge in [0.1, 0.15) is 10.8 Å². The van der Waals surface area contributed by atoms with Crippen LogP contribution in [0.25, 0.3) is 0 Å². The van der Waals surface area contributed by atoms with E-state index in [1.54, 1.807) is 52.0 Å². The summed E-state index contributed by atoms with van der Waals surface area (Å²) in [6, 6.07) is 0. The molecule has 20 heavy (non-hydrogen) atoms. The van der Waals surface area contributed by atoms with Gasteiger partial charge in [0, 0.05) is 0 Å². The Morgan fingerprint density at radius 1 is 0.800 bits per heavy atom. The van der Waals surface area contributed by atoms with E-state index in [1.165, 1.54) is 24.3 Å². The minimum atomic E-state index is -1.55. The number of carboxylic acids is 1. The van der Waals surface area contributed by atoms with Crippen molar-refractivity contribution >= 4 is 11.9 Å². The maximum atomic E-state index is 12.1. The van der Waals surface area contributed by atoms with E-state index in [9.17, 15) is 14.7 Å². The highest BCUT2D eigenvalue weighted by molar-refractivity contribution is 5.96. The molecule has 0 rings (SSSR count). The fourth-order valence-corrected chi connectivity index (χ4v) is 2.40. The summed E-state index contributed by atoms with van der Waals surface area (Å²) in [5.74, 6) is -1.85. The fourth-order valence-electron chi connectivity index (χ4n) is 2.40. The van der Waals surface area contributed by atoms with E-state index in [0.29, 0.717) is 0 Å². The van der Waals surface area contributed by atoms with Crippen molar-refractivity contribution in [2.45, 2.75) is 27.7 Å². The normalized spacial score (nSPS) is 18.8. The van der Waals surface area contributed by atoms with Crippen molar-refractivity contribution in [3.8, 4) is 0 Å². The maximum absolute atomic E-state index is 12.1. The van der Waals surface area contributed by atoms with E-state index in [-0.39, 0.29) is 0 Å². The van der Waals surface area contributed by atoms with Crippen LogP contribution in [0.4, 0.5) is 0 Å². The van der Waals surface area contributed by atoms with E-state index in [1.807, 2.05) is 0 Å². The molecular formula is C16H23NO3.